The highest BCUT2D eigenvalue weighted by Gasteiger charge is 2.43. The van der Waals surface area contributed by atoms with Crippen LogP contribution in [0.3, 0.4) is 0 Å². The molecular weight excluding hydrogens is 216 g/mol. The van der Waals surface area contributed by atoms with Crippen molar-refractivity contribution in [3.05, 3.63) is 0 Å². The van der Waals surface area contributed by atoms with Crippen LogP contribution in [0.1, 0.15) is 39.5 Å². The Hall–Kier alpha value is -0.610. The molecule has 0 radical (unpaired) electrons. The SMILES string of the molecule is CN(C)CCNC1(C(=O)O)CCC(C)(C)CC1. The lowest BCUT2D eigenvalue weighted by atomic mass is 9.69. The van der Waals surface area contributed by atoms with Gasteiger partial charge in [-0.1, -0.05) is 13.8 Å². The lowest BCUT2D eigenvalue weighted by molar-refractivity contribution is -0.147. The largest absolute Gasteiger partial charge is 0.480 e. The van der Waals surface area contributed by atoms with E-state index in [0.29, 0.717) is 5.41 Å². The average Bonchev–Trinajstić information content (AvgIpc) is 2.20. The molecule has 0 atom stereocenters. The highest BCUT2D eigenvalue weighted by atomic mass is 16.4. The molecule has 4 heteroatoms. The van der Waals surface area contributed by atoms with E-state index in [1.165, 1.54) is 0 Å². The number of likely N-dealkylation sites (N-methyl/N-ethyl adjacent to an activating group) is 1. The molecule has 0 aromatic heterocycles. The van der Waals surface area contributed by atoms with Crippen LogP contribution in [0, 0.1) is 5.41 Å². The smallest absolute Gasteiger partial charge is 0.323 e. The molecule has 0 aromatic carbocycles. The third-order valence-corrected chi connectivity index (χ3v) is 3.89. The first kappa shape index (κ1) is 14.5. The molecule has 0 unspecified atom stereocenters. The molecule has 100 valence electrons. The molecule has 1 fully saturated rings. The van der Waals surface area contributed by atoms with Crippen LogP contribution in [-0.4, -0.2) is 48.7 Å². The van der Waals surface area contributed by atoms with Gasteiger partial charge in [0, 0.05) is 13.1 Å². The van der Waals surface area contributed by atoms with E-state index in [1.54, 1.807) is 0 Å². The van der Waals surface area contributed by atoms with Crippen molar-refractivity contribution in [1.82, 2.24) is 10.2 Å². The van der Waals surface area contributed by atoms with Crippen LogP contribution in [0.25, 0.3) is 0 Å². The number of hydrogen-bond acceptors (Lipinski definition) is 3. The Bertz CT molecular complexity index is 265. The summed E-state index contributed by atoms with van der Waals surface area (Å²) in [6.45, 7) is 6.05. The van der Waals surface area contributed by atoms with Gasteiger partial charge in [-0.2, -0.15) is 0 Å². The van der Waals surface area contributed by atoms with Gasteiger partial charge in [-0.15, -0.1) is 0 Å². The van der Waals surface area contributed by atoms with Crippen molar-refractivity contribution in [2.24, 2.45) is 5.41 Å². The minimum absolute atomic E-state index is 0.294. The summed E-state index contributed by atoms with van der Waals surface area (Å²) >= 11 is 0. The summed E-state index contributed by atoms with van der Waals surface area (Å²) in [5.41, 5.74) is -0.395. The average molecular weight is 242 g/mol. The number of nitrogens with one attached hydrogen (secondary N) is 1. The van der Waals surface area contributed by atoms with E-state index in [1.807, 2.05) is 14.1 Å². The maximum atomic E-state index is 11.5. The predicted molar refractivity (Wildman–Crippen MR) is 69.2 cm³/mol. The second-order valence-corrected chi connectivity index (χ2v) is 6.28. The normalized spacial score (nSPS) is 22.6. The molecule has 1 aliphatic carbocycles. The fourth-order valence-electron chi connectivity index (χ4n) is 2.34. The summed E-state index contributed by atoms with van der Waals surface area (Å²) in [6, 6.07) is 0. The zero-order valence-electron chi connectivity index (χ0n) is 11.5. The highest BCUT2D eigenvalue weighted by Crippen LogP contribution is 2.40. The number of carbonyl (C=O) groups is 1. The minimum atomic E-state index is -0.689. The molecule has 0 saturated heterocycles. The second kappa shape index (κ2) is 5.36. The standard InChI is InChI=1S/C13H26N2O2/c1-12(2)5-7-13(8-6-12,11(16)17)14-9-10-15(3)4/h14H,5-10H2,1-4H3,(H,16,17). The number of carboxylic acids is 1. The summed E-state index contributed by atoms with van der Waals surface area (Å²) in [6.07, 6.45) is 3.44. The number of aliphatic carboxylic acids is 1. The molecule has 0 aromatic rings. The molecule has 4 nitrogen and oxygen atoms in total. The summed E-state index contributed by atoms with van der Waals surface area (Å²) in [4.78, 5) is 13.6. The lowest BCUT2D eigenvalue weighted by Crippen LogP contribution is -2.56. The molecule has 0 aliphatic heterocycles. The van der Waals surface area contributed by atoms with Crippen molar-refractivity contribution in [1.29, 1.82) is 0 Å². The number of carboxylic acid groups (broad SMARTS) is 1. The number of nitrogens with zero attached hydrogens (tertiary/aromatic N) is 1. The molecule has 1 saturated carbocycles. The molecule has 0 bridgehead atoms. The van der Waals surface area contributed by atoms with Crippen molar-refractivity contribution in [2.45, 2.75) is 45.1 Å². The Labute approximate surface area is 104 Å². The van der Waals surface area contributed by atoms with E-state index in [2.05, 4.69) is 24.1 Å². The van der Waals surface area contributed by atoms with Gasteiger partial charge in [-0.25, -0.2) is 0 Å². The van der Waals surface area contributed by atoms with Crippen molar-refractivity contribution in [3.8, 4) is 0 Å². The van der Waals surface area contributed by atoms with Gasteiger partial charge in [-0.3, -0.25) is 4.79 Å². The molecule has 0 amide bonds. The minimum Gasteiger partial charge on any atom is -0.480 e. The summed E-state index contributed by atoms with van der Waals surface area (Å²) in [5, 5.41) is 12.7. The zero-order chi connectivity index (χ0) is 13.1. The molecule has 1 rings (SSSR count). The van der Waals surface area contributed by atoms with Gasteiger partial charge in [0.2, 0.25) is 0 Å². The second-order valence-electron chi connectivity index (χ2n) is 6.28. The first-order valence-electron chi connectivity index (χ1n) is 6.41. The Balaban J connectivity index is 2.56. The quantitative estimate of drug-likeness (QED) is 0.768. The molecule has 2 N–H and O–H groups in total. The van der Waals surface area contributed by atoms with Crippen LogP contribution in [0.15, 0.2) is 0 Å². The first-order valence-corrected chi connectivity index (χ1v) is 6.41. The highest BCUT2D eigenvalue weighted by molar-refractivity contribution is 5.79. The molecule has 0 spiro atoms. The Kier molecular flexibility index (Phi) is 4.55. The topological polar surface area (TPSA) is 52.6 Å². The van der Waals surface area contributed by atoms with Crippen LogP contribution < -0.4 is 5.32 Å². The summed E-state index contributed by atoms with van der Waals surface area (Å²) in [5.74, 6) is -0.688. The van der Waals surface area contributed by atoms with E-state index >= 15 is 0 Å². The third kappa shape index (κ3) is 3.96. The lowest BCUT2D eigenvalue weighted by Gasteiger charge is -2.41. The fraction of sp³-hybridized carbons (Fsp3) is 0.923. The van der Waals surface area contributed by atoms with Gasteiger partial charge >= 0.3 is 5.97 Å². The van der Waals surface area contributed by atoms with Gasteiger partial charge in [0.15, 0.2) is 0 Å². The maximum Gasteiger partial charge on any atom is 0.323 e. The van der Waals surface area contributed by atoms with Crippen LogP contribution in [-0.2, 0) is 4.79 Å². The van der Waals surface area contributed by atoms with Crippen molar-refractivity contribution in [2.75, 3.05) is 27.2 Å². The van der Waals surface area contributed by atoms with E-state index in [4.69, 9.17) is 0 Å². The Morgan fingerprint density at radius 1 is 1.24 bits per heavy atom. The van der Waals surface area contributed by atoms with Crippen molar-refractivity contribution >= 4 is 5.97 Å². The van der Waals surface area contributed by atoms with E-state index in [9.17, 15) is 9.90 Å². The van der Waals surface area contributed by atoms with Crippen LogP contribution in [0.5, 0.6) is 0 Å². The maximum absolute atomic E-state index is 11.5. The zero-order valence-corrected chi connectivity index (χ0v) is 11.5. The summed E-state index contributed by atoms with van der Waals surface area (Å²) < 4.78 is 0. The van der Waals surface area contributed by atoms with E-state index in [-0.39, 0.29) is 0 Å². The predicted octanol–water partition coefficient (Wildman–Crippen LogP) is 1.56. The van der Waals surface area contributed by atoms with Crippen LogP contribution >= 0.6 is 0 Å². The molecule has 1 aliphatic rings. The number of rotatable bonds is 5. The van der Waals surface area contributed by atoms with Gasteiger partial charge < -0.3 is 15.3 Å². The number of hydrogen-bond donors (Lipinski definition) is 2. The van der Waals surface area contributed by atoms with E-state index < -0.39 is 11.5 Å². The van der Waals surface area contributed by atoms with Gasteiger partial charge in [-0.05, 0) is 45.2 Å². The van der Waals surface area contributed by atoms with Crippen molar-refractivity contribution in [3.63, 3.8) is 0 Å². The first-order chi connectivity index (χ1) is 7.77. The fourth-order valence-corrected chi connectivity index (χ4v) is 2.34. The Morgan fingerprint density at radius 3 is 2.18 bits per heavy atom. The van der Waals surface area contributed by atoms with Gasteiger partial charge in [0.25, 0.3) is 0 Å². The molecule has 17 heavy (non-hydrogen) atoms. The van der Waals surface area contributed by atoms with E-state index in [0.717, 1.165) is 38.8 Å². The summed E-state index contributed by atoms with van der Waals surface area (Å²) in [7, 11) is 4.00. The van der Waals surface area contributed by atoms with Gasteiger partial charge in [0.05, 0.1) is 0 Å². The third-order valence-electron chi connectivity index (χ3n) is 3.89. The molecule has 0 heterocycles. The van der Waals surface area contributed by atoms with Crippen LogP contribution in [0.4, 0.5) is 0 Å². The molecular formula is C13H26N2O2. The van der Waals surface area contributed by atoms with Gasteiger partial charge in [0.1, 0.15) is 5.54 Å². The van der Waals surface area contributed by atoms with Crippen molar-refractivity contribution < 1.29 is 9.90 Å². The monoisotopic (exact) mass is 242 g/mol. The Morgan fingerprint density at radius 2 is 1.76 bits per heavy atom. The van der Waals surface area contributed by atoms with Crippen LogP contribution in [0.2, 0.25) is 0 Å².